The number of para-hydroxylation sites is 1. The van der Waals surface area contributed by atoms with Crippen molar-refractivity contribution in [1.29, 1.82) is 0 Å². The summed E-state index contributed by atoms with van der Waals surface area (Å²) < 4.78 is 10.7. The lowest BCUT2D eigenvalue weighted by molar-refractivity contribution is 0.0993. The van der Waals surface area contributed by atoms with E-state index >= 15 is 0 Å². The molecular formula is C15H12O4. The zero-order chi connectivity index (χ0) is 13.4. The third-order valence-corrected chi connectivity index (χ3v) is 3.13. The monoisotopic (exact) mass is 256 g/mol. The standard InChI is InChI=1S/C15H12O4/c1-18-15-7-10-11(16)6-9-4-2-3-5-13(9)19-14(10)8-12(15)17/h2-5,7-8,17H,6H2,1H3. The SMILES string of the molecule is COc1cc2c(cc1O)Oc1ccccc1CC2=O. The molecular weight excluding hydrogens is 244 g/mol. The number of carbonyl (C=O) groups excluding carboxylic acids is 1. The van der Waals surface area contributed by atoms with E-state index in [1.165, 1.54) is 19.2 Å². The summed E-state index contributed by atoms with van der Waals surface area (Å²) in [6, 6.07) is 10.3. The van der Waals surface area contributed by atoms with Gasteiger partial charge in [-0.25, -0.2) is 0 Å². The van der Waals surface area contributed by atoms with Crippen molar-refractivity contribution >= 4 is 5.78 Å². The highest BCUT2D eigenvalue weighted by molar-refractivity contribution is 6.01. The van der Waals surface area contributed by atoms with Crippen LogP contribution >= 0.6 is 0 Å². The number of rotatable bonds is 1. The van der Waals surface area contributed by atoms with Crippen molar-refractivity contribution in [2.45, 2.75) is 6.42 Å². The van der Waals surface area contributed by atoms with E-state index in [9.17, 15) is 9.90 Å². The molecule has 0 spiro atoms. The summed E-state index contributed by atoms with van der Waals surface area (Å²) >= 11 is 0. The lowest BCUT2D eigenvalue weighted by atomic mass is 10.0. The van der Waals surface area contributed by atoms with E-state index in [0.717, 1.165) is 5.56 Å². The van der Waals surface area contributed by atoms with Gasteiger partial charge < -0.3 is 14.6 Å². The van der Waals surface area contributed by atoms with E-state index in [4.69, 9.17) is 9.47 Å². The smallest absolute Gasteiger partial charge is 0.171 e. The van der Waals surface area contributed by atoms with E-state index in [1.54, 1.807) is 6.07 Å². The van der Waals surface area contributed by atoms with Gasteiger partial charge in [0.15, 0.2) is 17.3 Å². The van der Waals surface area contributed by atoms with Crippen molar-refractivity contribution in [3.8, 4) is 23.0 Å². The van der Waals surface area contributed by atoms with Gasteiger partial charge in [-0.15, -0.1) is 0 Å². The first-order valence-corrected chi connectivity index (χ1v) is 5.89. The van der Waals surface area contributed by atoms with Gasteiger partial charge in [0, 0.05) is 18.1 Å². The molecule has 0 saturated carbocycles. The predicted octanol–water partition coefficient (Wildman–Crippen LogP) is 2.93. The predicted molar refractivity (Wildman–Crippen MR) is 69.2 cm³/mol. The molecule has 96 valence electrons. The van der Waals surface area contributed by atoms with Crippen molar-refractivity contribution in [2.24, 2.45) is 0 Å². The molecule has 4 heteroatoms. The summed E-state index contributed by atoms with van der Waals surface area (Å²) in [6.45, 7) is 0. The van der Waals surface area contributed by atoms with Crippen LogP contribution in [-0.2, 0) is 6.42 Å². The Morgan fingerprint density at radius 2 is 2.00 bits per heavy atom. The molecule has 2 aromatic carbocycles. The topological polar surface area (TPSA) is 55.8 Å². The van der Waals surface area contributed by atoms with Crippen LogP contribution in [0.5, 0.6) is 23.0 Å². The normalized spacial score (nSPS) is 13.0. The Bertz CT molecular complexity index is 661. The minimum atomic E-state index is -0.0572. The minimum Gasteiger partial charge on any atom is -0.504 e. The van der Waals surface area contributed by atoms with E-state index in [1.807, 2.05) is 18.2 Å². The van der Waals surface area contributed by atoms with Gasteiger partial charge in [0.25, 0.3) is 0 Å². The number of ether oxygens (including phenoxy) is 2. The molecule has 0 fully saturated rings. The molecule has 0 bridgehead atoms. The maximum Gasteiger partial charge on any atom is 0.171 e. The number of benzene rings is 2. The molecule has 0 saturated heterocycles. The van der Waals surface area contributed by atoms with E-state index in [0.29, 0.717) is 17.1 Å². The minimum absolute atomic E-state index is 0.0477. The van der Waals surface area contributed by atoms with Crippen molar-refractivity contribution in [3.05, 3.63) is 47.5 Å². The van der Waals surface area contributed by atoms with Crippen molar-refractivity contribution < 1.29 is 19.4 Å². The summed E-state index contributed by atoms with van der Waals surface area (Å²) in [7, 11) is 1.44. The van der Waals surface area contributed by atoms with Gasteiger partial charge in [0.05, 0.1) is 12.7 Å². The van der Waals surface area contributed by atoms with E-state index < -0.39 is 0 Å². The number of ketones is 1. The maximum atomic E-state index is 12.2. The first-order valence-electron chi connectivity index (χ1n) is 5.89. The van der Waals surface area contributed by atoms with Crippen molar-refractivity contribution in [3.63, 3.8) is 0 Å². The number of phenols is 1. The third kappa shape index (κ3) is 1.91. The van der Waals surface area contributed by atoms with Crippen LogP contribution in [0.3, 0.4) is 0 Å². The highest BCUT2D eigenvalue weighted by Gasteiger charge is 2.23. The van der Waals surface area contributed by atoms with Crippen LogP contribution in [0.15, 0.2) is 36.4 Å². The largest absolute Gasteiger partial charge is 0.504 e. The fraction of sp³-hybridized carbons (Fsp3) is 0.133. The molecule has 4 nitrogen and oxygen atoms in total. The second kappa shape index (κ2) is 4.31. The molecule has 3 rings (SSSR count). The summed E-state index contributed by atoms with van der Waals surface area (Å²) in [5, 5.41) is 9.78. The summed E-state index contributed by atoms with van der Waals surface area (Å²) in [5.74, 6) is 1.15. The Hall–Kier alpha value is -2.49. The molecule has 0 unspecified atom stereocenters. The number of carbonyl (C=O) groups is 1. The Kier molecular flexibility index (Phi) is 2.63. The van der Waals surface area contributed by atoms with Crippen LogP contribution < -0.4 is 9.47 Å². The molecule has 2 aromatic rings. The highest BCUT2D eigenvalue weighted by atomic mass is 16.5. The Morgan fingerprint density at radius 1 is 1.21 bits per heavy atom. The molecule has 19 heavy (non-hydrogen) atoms. The summed E-state index contributed by atoms with van der Waals surface area (Å²) in [6.07, 6.45) is 0.275. The number of fused-ring (bicyclic) bond motifs is 2. The van der Waals surface area contributed by atoms with Gasteiger partial charge in [0.1, 0.15) is 11.5 Å². The number of methoxy groups -OCH3 is 1. The van der Waals surface area contributed by atoms with E-state index in [2.05, 4.69) is 0 Å². The Morgan fingerprint density at radius 3 is 2.79 bits per heavy atom. The number of phenolic OH excluding ortho intramolecular Hbond substituents is 1. The zero-order valence-electron chi connectivity index (χ0n) is 10.3. The molecule has 0 aromatic heterocycles. The second-order valence-electron chi connectivity index (χ2n) is 4.33. The number of aromatic hydroxyl groups is 1. The molecule has 1 N–H and O–H groups in total. The summed E-state index contributed by atoms with van der Waals surface area (Å²) in [5.41, 5.74) is 1.26. The van der Waals surface area contributed by atoms with Crippen LogP contribution in [0, 0.1) is 0 Å². The fourth-order valence-corrected chi connectivity index (χ4v) is 2.15. The average Bonchev–Trinajstić information content (AvgIpc) is 2.53. The van der Waals surface area contributed by atoms with Crippen molar-refractivity contribution in [1.82, 2.24) is 0 Å². The quantitative estimate of drug-likeness (QED) is 0.852. The number of Topliss-reactive ketones (excluding diaryl/α,β-unsaturated/α-hetero) is 1. The maximum absolute atomic E-state index is 12.2. The zero-order valence-corrected chi connectivity index (χ0v) is 10.3. The molecule has 0 atom stereocenters. The number of hydrogen-bond donors (Lipinski definition) is 1. The van der Waals surface area contributed by atoms with Crippen LogP contribution in [-0.4, -0.2) is 18.0 Å². The Balaban J connectivity index is 2.17. The molecule has 0 aliphatic carbocycles. The first-order chi connectivity index (χ1) is 9.19. The van der Waals surface area contributed by atoms with Gasteiger partial charge in [-0.05, 0) is 12.1 Å². The van der Waals surface area contributed by atoms with Gasteiger partial charge in [-0.3, -0.25) is 4.79 Å². The molecule has 0 radical (unpaired) electrons. The lowest BCUT2D eigenvalue weighted by Gasteiger charge is -2.10. The van der Waals surface area contributed by atoms with Gasteiger partial charge in [-0.2, -0.15) is 0 Å². The lowest BCUT2D eigenvalue weighted by Crippen LogP contribution is -2.02. The Labute approximate surface area is 110 Å². The van der Waals surface area contributed by atoms with E-state index in [-0.39, 0.29) is 23.7 Å². The first kappa shape index (κ1) is 11.6. The average molecular weight is 256 g/mol. The van der Waals surface area contributed by atoms with Crippen LogP contribution in [0.1, 0.15) is 15.9 Å². The van der Waals surface area contributed by atoms with Gasteiger partial charge >= 0.3 is 0 Å². The van der Waals surface area contributed by atoms with Crippen molar-refractivity contribution in [2.75, 3.05) is 7.11 Å². The molecule has 0 amide bonds. The van der Waals surface area contributed by atoms with Gasteiger partial charge in [-0.1, -0.05) is 18.2 Å². The van der Waals surface area contributed by atoms with Crippen LogP contribution in [0.4, 0.5) is 0 Å². The van der Waals surface area contributed by atoms with Crippen LogP contribution in [0.2, 0.25) is 0 Å². The molecule has 1 aliphatic heterocycles. The highest BCUT2D eigenvalue weighted by Crippen LogP contribution is 2.39. The number of hydrogen-bond acceptors (Lipinski definition) is 4. The fourth-order valence-electron chi connectivity index (χ4n) is 2.15. The van der Waals surface area contributed by atoms with Gasteiger partial charge in [0.2, 0.25) is 0 Å². The molecule has 1 aliphatic rings. The third-order valence-electron chi connectivity index (χ3n) is 3.13. The summed E-state index contributed by atoms with van der Waals surface area (Å²) in [4.78, 5) is 12.2. The van der Waals surface area contributed by atoms with Crippen LogP contribution in [0.25, 0.3) is 0 Å². The second-order valence-corrected chi connectivity index (χ2v) is 4.33. The molecule has 1 heterocycles.